The number of amides is 1. The van der Waals surface area contributed by atoms with Gasteiger partial charge in [0.05, 0.1) is 45.0 Å². The van der Waals surface area contributed by atoms with Gasteiger partial charge in [-0.05, 0) is 67.3 Å². The molecule has 0 spiro atoms. The Morgan fingerprint density at radius 1 is 1.05 bits per heavy atom. The molecule has 5 heterocycles. The quantitative estimate of drug-likeness (QED) is 0.129. The highest BCUT2D eigenvalue weighted by Gasteiger charge is 2.67. The van der Waals surface area contributed by atoms with Crippen LogP contribution in [-0.2, 0) is 40.8 Å². The third-order valence-electron chi connectivity index (χ3n) is 10.6. The fourth-order valence-corrected chi connectivity index (χ4v) is 8.89. The number of nitrogens with zero attached hydrogens (tertiary/aromatic N) is 8. The number of aromatic nitrogens is 9. The molecule has 316 valence electrons. The highest BCUT2D eigenvalue weighted by Crippen LogP contribution is 2.68. The number of anilines is 1. The van der Waals surface area contributed by atoms with E-state index in [1.54, 1.807) is 13.0 Å². The SMILES string of the molecule is Cc1cc(-c2ccc3c(=O)n(-c4ccc(Cl)c5c(NS(C)(=O)=O)nn(C)c45)c([C@H](Cc4cc(F)cc(F)c4)NC(=O)Cn4nc(C(F)F)c5c4C(F)(F)[C@@H]4C[C@H]54)nc3n2)n[nH]1. The molecule has 0 saturated heterocycles. The van der Waals surface area contributed by atoms with Crippen LogP contribution in [0.1, 0.15) is 58.8 Å². The lowest BCUT2D eigenvalue weighted by Crippen LogP contribution is -2.38. The van der Waals surface area contributed by atoms with Gasteiger partial charge >= 0.3 is 0 Å². The van der Waals surface area contributed by atoms with Crippen molar-refractivity contribution in [1.82, 2.24) is 49.6 Å². The Bertz CT molecular complexity index is 3150. The van der Waals surface area contributed by atoms with Crippen LogP contribution in [-0.4, -0.2) is 64.9 Å². The van der Waals surface area contributed by atoms with Gasteiger partial charge in [-0.1, -0.05) is 11.6 Å². The molecular formula is C38H30ClF6N11O4S. The first-order valence-corrected chi connectivity index (χ1v) is 20.7. The number of halogens is 7. The Kier molecular flexibility index (Phi) is 9.31. The number of hydrogen-bond donors (Lipinski definition) is 3. The van der Waals surface area contributed by atoms with E-state index in [1.165, 1.54) is 36.0 Å². The average molecular weight is 886 g/mol. The highest BCUT2D eigenvalue weighted by molar-refractivity contribution is 7.92. The molecule has 0 unspecified atom stereocenters. The van der Waals surface area contributed by atoms with E-state index in [4.69, 9.17) is 16.6 Å². The second kappa shape index (κ2) is 14.1. The third kappa shape index (κ3) is 6.95. The van der Waals surface area contributed by atoms with Crippen LogP contribution in [0.2, 0.25) is 5.02 Å². The van der Waals surface area contributed by atoms with Gasteiger partial charge in [-0.2, -0.15) is 24.1 Å². The molecule has 61 heavy (non-hydrogen) atoms. The Hall–Kier alpha value is -6.29. The number of aryl methyl sites for hydroxylation is 2. The van der Waals surface area contributed by atoms with Crippen LogP contribution in [0.15, 0.2) is 53.3 Å². The maximum absolute atomic E-state index is 15.5. The van der Waals surface area contributed by atoms with Crippen molar-refractivity contribution < 1.29 is 39.6 Å². The molecule has 9 rings (SSSR count). The Labute approximate surface area is 344 Å². The van der Waals surface area contributed by atoms with Gasteiger partial charge in [-0.3, -0.25) is 33.3 Å². The van der Waals surface area contributed by atoms with Crippen LogP contribution in [0.5, 0.6) is 0 Å². The monoisotopic (exact) mass is 885 g/mol. The standard InChI is InChI=1S/C38H30ClF6N11O4S/c1-15-8-24(50-49-15)23-6-4-19-34(47-23)48-36(56(37(19)58)26-7-5-22(39)29-31(26)54(2)52-35(29)53-61(3,59)60)25(11-16-9-17(40)12-18(41)10-16)46-27(57)14-55-32-28(30(51-55)33(42)43)20-13-21(20)38(32,44)45/h4-10,12,20-21,25,33H,11,13-14H2,1-3H3,(H,46,57)(H,49,50)(H,52,53)/t20-,21+,25-/m0/s1. The van der Waals surface area contributed by atoms with Gasteiger partial charge in [0.15, 0.2) is 11.5 Å². The average Bonchev–Trinajstić information content (AvgIpc) is 3.39. The number of carbonyl (C=O) groups is 1. The van der Waals surface area contributed by atoms with E-state index < -0.39 is 87.7 Å². The molecule has 1 saturated carbocycles. The normalized spacial score (nSPS) is 17.2. The molecule has 2 aliphatic rings. The maximum Gasteiger partial charge on any atom is 0.293 e. The van der Waals surface area contributed by atoms with E-state index in [1.807, 2.05) is 0 Å². The van der Waals surface area contributed by atoms with Crippen LogP contribution in [0.4, 0.5) is 32.2 Å². The van der Waals surface area contributed by atoms with Crippen LogP contribution >= 0.6 is 11.6 Å². The minimum absolute atomic E-state index is 0.00707. The van der Waals surface area contributed by atoms with Crippen molar-refractivity contribution in [2.24, 2.45) is 13.0 Å². The number of alkyl halides is 4. The number of hydrogen-bond acceptors (Lipinski definition) is 9. The largest absolute Gasteiger partial charge is 0.344 e. The van der Waals surface area contributed by atoms with E-state index in [-0.39, 0.29) is 67.5 Å². The molecule has 2 aliphatic carbocycles. The smallest absolute Gasteiger partial charge is 0.293 e. The molecule has 23 heteroatoms. The Morgan fingerprint density at radius 2 is 1.79 bits per heavy atom. The predicted octanol–water partition coefficient (Wildman–Crippen LogP) is 6.11. The minimum Gasteiger partial charge on any atom is -0.344 e. The number of sulfonamides is 1. The number of fused-ring (bicyclic) bond motifs is 5. The summed E-state index contributed by atoms with van der Waals surface area (Å²) in [5.74, 6) is -9.15. The Morgan fingerprint density at radius 3 is 2.46 bits per heavy atom. The number of benzene rings is 2. The zero-order valence-corrected chi connectivity index (χ0v) is 33.4. The molecule has 7 aromatic rings. The fraction of sp³-hybridized carbons (Fsp3) is 0.289. The number of pyridine rings is 1. The van der Waals surface area contributed by atoms with Crippen molar-refractivity contribution in [3.8, 4) is 17.1 Å². The molecular weight excluding hydrogens is 856 g/mol. The van der Waals surface area contributed by atoms with E-state index in [9.17, 15) is 35.6 Å². The molecule has 3 N–H and O–H groups in total. The van der Waals surface area contributed by atoms with Gasteiger partial charge < -0.3 is 5.32 Å². The summed E-state index contributed by atoms with van der Waals surface area (Å²) in [6.07, 6.45) is -2.81. The van der Waals surface area contributed by atoms with Crippen molar-refractivity contribution in [1.29, 1.82) is 0 Å². The van der Waals surface area contributed by atoms with Gasteiger partial charge in [-0.25, -0.2) is 35.9 Å². The molecule has 1 fully saturated rings. The molecule has 0 radical (unpaired) electrons. The summed E-state index contributed by atoms with van der Waals surface area (Å²) in [5, 5.41) is 17.7. The summed E-state index contributed by atoms with van der Waals surface area (Å²) in [4.78, 5) is 38.3. The van der Waals surface area contributed by atoms with Crippen LogP contribution in [0.3, 0.4) is 0 Å². The number of rotatable bonds is 11. The van der Waals surface area contributed by atoms with E-state index in [2.05, 4.69) is 35.4 Å². The van der Waals surface area contributed by atoms with Crippen LogP contribution in [0, 0.1) is 24.5 Å². The Balaban J connectivity index is 1.26. The summed E-state index contributed by atoms with van der Waals surface area (Å²) in [6.45, 7) is 0.761. The van der Waals surface area contributed by atoms with Crippen molar-refractivity contribution in [2.75, 3.05) is 11.0 Å². The lowest BCUT2D eigenvalue weighted by molar-refractivity contribution is -0.123. The number of nitrogens with one attached hydrogen (secondary N) is 3. The molecule has 5 aromatic heterocycles. The van der Waals surface area contributed by atoms with E-state index >= 15 is 8.78 Å². The lowest BCUT2D eigenvalue weighted by Gasteiger charge is -2.24. The number of carbonyl (C=O) groups excluding carboxylic acids is 1. The molecule has 15 nitrogen and oxygen atoms in total. The zero-order valence-electron chi connectivity index (χ0n) is 31.8. The van der Waals surface area contributed by atoms with Crippen molar-refractivity contribution in [3.63, 3.8) is 0 Å². The van der Waals surface area contributed by atoms with Crippen LogP contribution in [0.25, 0.3) is 39.0 Å². The second-order valence-corrected chi connectivity index (χ2v) is 17.2. The van der Waals surface area contributed by atoms with Gasteiger partial charge in [0.25, 0.3) is 17.9 Å². The first-order chi connectivity index (χ1) is 28.8. The molecule has 3 atom stereocenters. The first-order valence-electron chi connectivity index (χ1n) is 18.4. The van der Waals surface area contributed by atoms with Crippen LogP contribution < -0.4 is 15.6 Å². The first kappa shape index (κ1) is 40.1. The maximum atomic E-state index is 15.5. The van der Waals surface area contributed by atoms with E-state index in [0.29, 0.717) is 22.1 Å². The number of H-pyrrole nitrogens is 1. The zero-order chi connectivity index (χ0) is 43.4. The van der Waals surface area contributed by atoms with Crippen molar-refractivity contribution in [3.05, 3.63) is 110 Å². The topological polar surface area (TPSA) is 187 Å². The number of aromatic amines is 1. The minimum atomic E-state index is -3.92. The summed E-state index contributed by atoms with van der Waals surface area (Å²) in [5.41, 5.74) is -1.53. The molecule has 0 aliphatic heterocycles. The van der Waals surface area contributed by atoms with Gasteiger partial charge in [0.2, 0.25) is 15.9 Å². The predicted molar refractivity (Wildman–Crippen MR) is 208 cm³/mol. The fourth-order valence-electron chi connectivity index (χ4n) is 8.15. The molecule has 1 amide bonds. The van der Waals surface area contributed by atoms with Crippen molar-refractivity contribution >= 4 is 55.3 Å². The molecule has 0 bridgehead atoms. The second-order valence-electron chi connectivity index (χ2n) is 15.0. The molecule has 2 aromatic carbocycles. The lowest BCUT2D eigenvalue weighted by atomic mass is 10.0. The summed E-state index contributed by atoms with van der Waals surface area (Å²) >= 11 is 6.61. The van der Waals surface area contributed by atoms with Gasteiger partial charge in [0, 0.05) is 36.7 Å². The van der Waals surface area contributed by atoms with Gasteiger partial charge in [0.1, 0.15) is 41.1 Å². The summed E-state index contributed by atoms with van der Waals surface area (Å²) in [7, 11) is -2.47. The third-order valence-corrected chi connectivity index (χ3v) is 11.5. The van der Waals surface area contributed by atoms with Gasteiger partial charge in [-0.15, -0.1) is 0 Å². The van der Waals surface area contributed by atoms with E-state index in [0.717, 1.165) is 23.0 Å². The highest BCUT2D eigenvalue weighted by atomic mass is 35.5. The summed E-state index contributed by atoms with van der Waals surface area (Å²) in [6, 6.07) is 8.39. The summed E-state index contributed by atoms with van der Waals surface area (Å²) < 4.78 is 118. The van der Waals surface area contributed by atoms with Crippen molar-refractivity contribution in [2.45, 2.75) is 50.6 Å².